The monoisotopic (exact) mass is 367 g/mol. The predicted octanol–water partition coefficient (Wildman–Crippen LogP) is 1.64. The molecule has 0 bridgehead atoms. The first-order valence-corrected chi connectivity index (χ1v) is 8.75. The Hall–Kier alpha value is -3.35. The Morgan fingerprint density at radius 2 is 1.59 bits per heavy atom. The van der Waals surface area contributed by atoms with Crippen molar-refractivity contribution in [2.45, 2.75) is 32.5 Å². The number of hydrogen-bond donors (Lipinski definition) is 2. The fourth-order valence-electron chi connectivity index (χ4n) is 3.16. The van der Waals surface area contributed by atoms with Crippen molar-refractivity contribution in [3.63, 3.8) is 0 Å². The quantitative estimate of drug-likeness (QED) is 0.664. The number of aliphatic carboxylic acids is 1. The second kappa shape index (κ2) is 7.90. The topological polar surface area (TPSA) is 93.3 Å². The minimum absolute atomic E-state index is 0.174. The van der Waals surface area contributed by atoms with Crippen molar-refractivity contribution in [1.29, 1.82) is 0 Å². The SMILES string of the molecule is CCn1c(=O)n(CC(=O)NC(Cc2ccccc2)C(=O)O)c2ccccc21. The number of para-hydroxylation sites is 2. The molecule has 140 valence electrons. The number of hydrogen-bond acceptors (Lipinski definition) is 3. The number of nitrogens with one attached hydrogen (secondary N) is 1. The smallest absolute Gasteiger partial charge is 0.329 e. The molecule has 0 saturated heterocycles. The summed E-state index contributed by atoms with van der Waals surface area (Å²) in [7, 11) is 0. The number of carbonyl (C=O) groups excluding carboxylic acids is 1. The van der Waals surface area contributed by atoms with Gasteiger partial charge < -0.3 is 10.4 Å². The number of benzene rings is 2. The van der Waals surface area contributed by atoms with Crippen molar-refractivity contribution in [1.82, 2.24) is 14.5 Å². The van der Waals surface area contributed by atoms with E-state index in [2.05, 4.69) is 5.32 Å². The second-order valence-corrected chi connectivity index (χ2v) is 6.25. The van der Waals surface area contributed by atoms with Gasteiger partial charge in [0.2, 0.25) is 5.91 Å². The summed E-state index contributed by atoms with van der Waals surface area (Å²) < 4.78 is 2.96. The van der Waals surface area contributed by atoms with Crippen molar-refractivity contribution < 1.29 is 14.7 Å². The normalized spacial score (nSPS) is 12.0. The Balaban J connectivity index is 1.81. The van der Waals surface area contributed by atoms with Gasteiger partial charge in [-0.3, -0.25) is 13.9 Å². The summed E-state index contributed by atoms with van der Waals surface area (Å²) in [6.45, 7) is 2.11. The van der Waals surface area contributed by atoms with Gasteiger partial charge in [0.05, 0.1) is 11.0 Å². The van der Waals surface area contributed by atoms with Crippen molar-refractivity contribution >= 4 is 22.9 Å². The molecule has 7 heteroatoms. The van der Waals surface area contributed by atoms with Crippen LogP contribution in [0.25, 0.3) is 11.0 Å². The highest BCUT2D eigenvalue weighted by molar-refractivity contribution is 5.85. The molecule has 0 spiro atoms. The fraction of sp³-hybridized carbons (Fsp3) is 0.250. The van der Waals surface area contributed by atoms with Gasteiger partial charge in [0.1, 0.15) is 12.6 Å². The molecular weight excluding hydrogens is 346 g/mol. The van der Waals surface area contributed by atoms with Crippen LogP contribution in [0.4, 0.5) is 0 Å². The summed E-state index contributed by atoms with van der Waals surface area (Å²) in [6.07, 6.45) is 0.174. The number of imidazole rings is 1. The highest BCUT2D eigenvalue weighted by atomic mass is 16.4. The molecule has 27 heavy (non-hydrogen) atoms. The summed E-state index contributed by atoms with van der Waals surface area (Å²) in [5, 5.41) is 12.0. The Labute approximate surface area is 155 Å². The highest BCUT2D eigenvalue weighted by Crippen LogP contribution is 2.12. The molecule has 3 rings (SSSR count). The van der Waals surface area contributed by atoms with Crippen molar-refractivity contribution in [3.05, 3.63) is 70.6 Å². The van der Waals surface area contributed by atoms with E-state index in [9.17, 15) is 19.5 Å². The lowest BCUT2D eigenvalue weighted by atomic mass is 10.1. The van der Waals surface area contributed by atoms with Crippen LogP contribution in [0.5, 0.6) is 0 Å². The van der Waals surface area contributed by atoms with E-state index in [4.69, 9.17) is 0 Å². The zero-order chi connectivity index (χ0) is 19.4. The summed E-state index contributed by atoms with van der Waals surface area (Å²) in [4.78, 5) is 36.6. The molecule has 3 aromatic rings. The molecule has 1 heterocycles. The maximum absolute atomic E-state index is 12.6. The Morgan fingerprint density at radius 1 is 1.00 bits per heavy atom. The van der Waals surface area contributed by atoms with E-state index < -0.39 is 17.9 Å². The van der Waals surface area contributed by atoms with E-state index in [1.54, 1.807) is 16.7 Å². The third kappa shape index (κ3) is 3.92. The van der Waals surface area contributed by atoms with Gasteiger partial charge in [-0.05, 0) is 24.6 Å². The summed E-state index contributed by atoms with van der Waals surface area (Å²) in [6, 6.07) is 15.2. The molecule has 2 aromatic carbocycles. The molecule has 1 amide bonds. The number of carboxylic acid groups (broad SMARTS) is 1. The molecule has 1 atom stereocenters. The zero-order valence-electron chi connectivity index (χ0n) is 15.0. The number of aryl methyl sites for hydroxylation is 1. The molecule has 0 fully saturated rings. The molecule has 1 unspecified atom stereocenters. The number of amides is 1. The Bertz CT molecular complexity index is 1020. The standard InChI is InChI=1S/C20H21N3O4/c1-2-22-16-10-6-7-11-17(16)23(20(22)27)13-18(24)21-15(19(25)26)12-14-8-4-3-5-9-14/h3-11,15H,2,12-13H2,1H3,(H,21,24)(H,25,26). The van der Waals surface area contributed by atoms with Crippen LogP contribution in [0, 0.1) is 0 Å². The molecule has 7 nitrogen and oxygen atoms in total. The first-order valence-electron chi connectivity index (χ1n) is 8.75. The Morgan fingerprint density at radius 3 is 2.19 bits per heavy atom. The van der Waals surface area contributed by atoms with Crippen LogP contribution in [-0.4, -0.2) is 32.2 Å². The Kier molecular flexibility index (Phi) is 5.40. The van der Waals surface area contributed by atoms with E-state index in [-0.39, 0.29) is 18.7 Å². The number of carboxylic acids is 1. The van der Waals surface area contributed by atoms with Crippen LogP contribution in [0.15, 0.2) is 59.4 Å². The van der Waals surface area contributed by atoms with Crippen LogP contribution >= 0.6 is 0 Å². The minimum atomic E-state index is -1.12. The molecule has 0 aliphatic carbocycles. The summed E-state index contributed by atoms with van der Waals surface area (Å²) in [5.41, 5.74) is 1.92. The second-order valence-electron chi connectivity index (χ2n) is 6.25. The van der Waals surface area contributed by atoms with E-state index >= 15 is 0 Å². The summed E-state index contributed by atoms with van der Waals surface area (Å²) in [5.74, 6) is -1.63. The van der Waals surface area contributed by atoms with Gasteiger partial charge in [-0.1, -0.05) is 42.5 Å². The van der Waals surface area contributed by atoms with Crippen molar-refractivity contribution in [2.75, 3.05) is 0 Å². The van der Waals surface area contributed by atoms with Gasteiger partial charge in [0.15, 0.2) is 0 Å². The first kappa shape index (κ1) is 18.4. The lowest BCUT2D eigenvalue weighted by molar-refractivity contribution is -0.141. The zero-order valence-corrected chi connectivity index (χ0v) is 15.0. The maximum Gasteiger partial charge on any atom is 0.329 e. The average molecular weight is 367 g/mol. The number of aromatic nitrogens is 2. The van der Waals surface area contributed by atoms with Crippen molar-refractivity contribution in [3.8, 4) is 0 Å². The van der Waals surface area contributed by atoms with E-state index in [0.717, 1.165) is 11.1 Å². The van der Waals surface area contributed by atoms with E-state index in [0.29, 0.717) is 12.1 Å². The molecule has 0 aliphatic rings. The number of rotatable bonds is 7. The molecule has 1 aromatic heterocycles. The van der Waals surface area contributed by atoms with Gasteiger partial charge in [0.25, 0.3) is 0 Å². The van der Waals surface area contributed by atoms with Gasteiger partial charge in [-0.15, -0.1) is 0 Å². The third-order valence-corrected chi connectivity index (χ3v) is 4.46. The van der Waals surface area contributed by atoms with Crippen LogP contribution < -0.4 is 11.0 Å². The van der Waals surface area contributed by atoms with E-state index in [1.165, 1.54) is 4.57 Å². The van der Waals surface area contributed by atoms with Crippen molar-refractivity contribution in [2.24, 2.45) is 0 Å². The van der Waals surface area contributed by atoms with Gasteiger partial charge >= 0.3 is 11.7 Å². The van der Waals surface area contributed by atoms with Crippen LogP contribution in [0.1, 0.15) is 12.5 Å². The van der Waals surface area contributed by atoms with Crippen LogP contribution in [0.2, 0.25) is 0 Å². The van der Waals surface area contributed by atoms with Crippen LogP contribution in [-0.2, 0) is 29.1 Å². The molecule has 2 N–H and O–H groups in total. The number of carbonyl (C=O) groups is 2. The lowest BCUT2D eigenvalue weighted by Crippen LogP contribution is -2.44. The van der Waals surface area contributed by atoms with E-state index in [1.807, 2.05) is 49.4 Å². The number of fused-ring (bicyclic) bond motifs is 1. The van der Waals surface area contributed by atoms with Gasteiger partial charge in [-0.25, -0.2) is 9.59 Å². The largest absolute Gasteiger partial charge is 0.480 e. The minimum Gasteiger partial charge on any atom is -0.480 e. The van der Waals surface area contributed by atoms with Crippen LogP contribution in [0.3, 0.4) is 0 Å². The van der Waals surface area contributed by atoms with Gasteiger partial charge in [0, 0.05) is 13.0 Å². The molecular formula is C20H21N3O4. The van der Waals surface area contributed by atoms with Gasteiger partial charge in [-0.2, -0.15) is 0 Å². The maximum atomic E-state index is 12.6. The number of nitrogens with zero attached hydrogens (tertiary/aromatic N) is 2. The third-order valence-electron chi connectivity index (χ3n) is 4.46. The summed E-state index contributed by atoms with van der Waals surface area (Å²) >= 11 is 0. The molecule has 0 radical (unpaired) electrons. The highest BCUT2D eigenvalue weighted by Gasteiger charge is 2.22. The molecule has 0 aliphatic heterocycles. The predicted molar refractivity (Wildman–Crippen MR) is 102 cm³/mol. The first-order chi connectivity index (χ1) is 13.0. The lowest BCUT2D eigenvalue weighted by Gasteiger charge is -2.15. The fourth-order valence-corrected chi connectivity index (χ4v) is 3.16. The average Bonchev–Trinajstić information content (AvgIpc) is 2.93. The molecule has 0 saturated carbocycles.